The minimum atomic E-state index is -1.71. The number of aliphatic hydroxyl groups is 9. The molecule has 9 N–H and O–H groups in total. The molecule has 0 bridgehead atoms. The summed E-state index contributed by atoms with van der Waals surface area (Å²) in [5, 5.41) is 92.7. The van der Waals surface area contributed by atoms with Crippen LogP contribution in [0.15, 0.2) is 34.9 Å². The average molecular weight is 819 g/mol. The Kier molecular flexibility index (Phi) is 23.5. The summed E-state index contributed by atoms with van der Waals surface area (Å²) in [6.45, 7) is 18.4. The SMILES string of the molecule is CC[C@H](C)C[C@H](C)C[C@H](C)[C@@H](O[C@@H]1O[C@H](COC(C)=O)[C@@H](O)[C@@H](O)[C@@H]1O)[C@@H](C)/C=C(\C)[C@@H](O)[C@@H](C)/C=C(\C)[C@@H](O)[C@@H](C)/C=C(\C)C(=O)OC[C@@H](O)[C@H](O)[C@H](O)CO. The van der Waals surface area contributed by atoms with Crippen molar-refractivity contribution in [3.8, 4) is 0 Å². The molecular weight excluding hydrogens is 744 g/mol. The quantitative estimate of drug-likeness (QED) is 0.0383. The number of hydrogen-bond donors (Lipinski definition) is 9. The number of carbonyl (C=O) groups excluding carboxylic acids is 2. The fraction of sp³-hybridized carbons (Fsp3) is 0.810. The number of hydrogen-bond acceptors (Lipinski definition) is 15. The highest BCUT2D eigenvalue weighted by molar-refractivity contribution is 5.87. The van der Waals surface area contributed by atoms with Gasteiger partial charge in [0.1, 0.15) is 55.9 Å². The van der Waals surface area contributed by atoms with Crippen molar-refractivity contribution in [1.29, 1.82) is 0 Å². The number of aliphatic hydroxyl groups excluding tert-OH is 9. The monoisotopic (exact) mass is 819 g/mol. The van der Waals surface area contributed by atoms with Crippen LogP contribution in [0.4, 0.5) is 0 Å². The normalized spacial score (nSPS) is 27.5. The maximum Gasteiger partial charge on any atom is 0.333 e. The van der Waals surface area contributed by atoms with E-state index in [4.69, 9.17) is 24.1 Å². The zero-order valence-electron chi connectivity index (χ0n) is 35.8. The van der Waals surface area contributed by atoms with Gasteiger partial charge in [0.05, 0.1) is 24.9 Å². The summed E-state index contributed by atoms with van der Waals surface area (Å²) in [4.78, 5) is 23.9. The summed E-state index contributed by atoms with van der Waals surface area (Å²) >= 11 is 0. The molecule has 0 unspecified atom stereocenters. The van der Waals surface area contributed by atoms with Crippen molar-refractivity contribution in [3.05, 3.63) is 34.9 Å². The van der Waals surface area contributed by atoms with Crippen molar-refractivity contribution in [3.63, 3.8) is 0 Å². The third kappa shape index (κ3) is 17.1. The molecular formula is C42H74O15. The molecule has 1 heterocycles. The van der Waals surface area contributed by atoms with Crippen LogP contribution in [0.5, 0.6) is 0 Å². The molecule has 0 aromatic rings. The van der Waals surface area contributed by atoms with Gasteiger partial charge in [0.15, 0.2) is 6.29 Å². The van der Waals surface area contributed by atoms with Gasteiger partial charge >= 0.3 is 11.9 Å². The number of rotatable bonds is 24. The van der Waals surface area contributed by atoms with Gasteiger partial charge < -0.3 is 64.9 Å². The molecule has 0 spiro atoms. The van der Waals surface area contributed by atoms with Crippen molar-refractivity contribution >= 4 is 11.9 Å². The van der Waals surface area contributed by atoms with Crippen LogP contribution in [0.2, 0.25) is 0 Å². The molecule has 0 amide bonds. The zero-order valence-corrected chi connectivity index (χ0v) is 35.8. The molecule has 0 aromatic carbocycles. The van der Waals surface area contributed by atoms with Crippen molar-refractivity contribution in [2.75, 3.05) is 19.8 Å². The Labute approximate surface area is 339 Å². The molecule has 1 aliphatic heterocycles. The Morgan fingerprint density at radius 2 is 1.25 bits per heavy atom. The Hall–Kier alpha value is -2.28. The lowest BCUT2D eigenvalue weighted by Gasteiger charge is -2.43. The van der Waals surface area contributed by atoms with E-state index < -0.39 is 104 Å². The van der Waals surface area contributed by atoms with Crippen LogP contribution >= 0.6 is 0 Å². The number of carbonyl (C=O) groups is 2. The van der Waals surface area contributed by atoms with E-state index in [1.165, 1.54) is 19.9 Å². The van der Waals surface area contributed by atoms with Crippen molar-refractivity contribution in [2.45, 2.75) is 163 Å². The molecule has 332 valence electrons. The molecule has 0 aliphatic carbocycles. The van der Waals surface area contributed by atoms with Crippen LogP contribution in [0, 0.1) is 35.5 Å². The average Bonchev–Trinajstić information content (AvgIpc) is 3.15. The van der Waals surface area contributed by atoms with Crippen molar-refractivity contribution in [1.82, 2.24) is 0 Å². The standard InChI is InChI=1S/C42H74O15/c1-12-21(2)13-22(3)14-27(8)40(57-42-39(52)38(51)37(50)33(56-42)20-54-30(11)44)28(9)16-25(6)34(47)23(4)15-24(5)35(48)26(7)17-29(10)41(53)55-19-32(46)36(49)31(45)18-43/h15-17,21-23,26-28,31-40,42-43,45-52H,12-14,18-20H2,1-11H3/b24-15+,25-16+,29-17+/t21-,22-,23-,26-,27-,28-,31+,32+,33+,34-,35+,36+,37+,38+,39-,40+,42-/m0/s1. The van der Waals surface area contributed by atoms with E-state index in [9.17, 15) is 50.4 Å². The summed E-state index contributed by atoms with van der Waals surface area (Å²) in [5.74, 6) is -1.96. The van der Waals surface area contributed by atoms with Crippen LogP contribution in [0.25, 0.3) is 0 Å². The molecule has 0 saturated carbocycles. The van der Waals surface area contributed by atoms with Gasteiger partial charge in [0.25, 0.3) is 0 Å². The first-order chi connectivity index (χ1) is 26.5. The van der Waals surface area contributed by atoms with E-state index in [1.54, 1.807) is 33.8 Å². The van der Waals surface area contributed by atoms with Crippen LogP contribution < -0.4 is 0 Å². The third-order valence-corrected chi connectivity index (χ3v) is 10.9. The lowest BCUT2D eigenvalue weighted by molar-refractivity contribution is -0.317. The highest BCUT2D eigenvalue weighted by atomic mass is 16.7. The molecule has 1 fully saturated rings. The second-order valence-corrected chi connectivity index (χ2v) is 16.5. The summed E-state index contributed by atoms with van der Waals surface area (Å²) < 4.78 is 22.4. The topological polar surface area (TPSA) is 253 Å². The smallest absolute Gasteiger partial charge is 0.333 e. The minimum Gasteiger partial charge on any atom is -0.463 e. The van der Waals surface area contributed by atoms with E-state index in [1.807, 2.05) is 19.9 Å². The van der Waals surface area contributed by atoms with Gasteiger partial charge in [0, 0.05) is 30.3 Å². The highest BCUT2D eigenvalue weighted by Gasteiger charge is 2.46. The Morgan fingerprint density at radius 1 is 0.702 bits per heavy atom. The van der Waals surface area contributed by atoms with Crippen molar-refractivity contribution in [2.24, 2.45) is 35.5 Å². The summed E-state index contributed by atoms with van der Waals surface area (Å²) in [6, 6.07) is 0. The predicted octanol–water partition coefficient (Wildman–Crippen LogP) is 1.93. The van der Waals surface area contributed by atoms with Gasteiger partial charge in [-0.05, 0) is 62.5 Å². The molecule has 1 aliphatic rings. The molecule has 0 aromatic heterocycles. The second kappa shape index (κ2) is 25.4. The third-order valence-electron chi connectivity index (χ3n) is 10.9. The fourth-order valence-electron chi connectivity index (χ4n) is 7.35. The van der Waals surface area contributed by atoms with Gasteiger partial charge in [-0.3, -0.25) is 4.79 Å². The van der Waals surface area contributed by atoms with E-state index in [0.29, 0.717) is 23.0 Å². The van der Waals surface area contributed by atoms with Crippen LogP contribution in [0.3, 0.4) is 0 Å². The maximum atomic E-state index is 12.5. The fourth-order valence-corrected chi connectivity index (χ4v) is 7.35. The first kappa shape index (κ1) is 52.7. The predicted molar refractivity (Wildman–Crippen MR) is 212 cm³/mol. The Balaban J connectivity index is 3.20. The Morgan fingerprint density at radius 3 is 1.77 bits per heavy atom. The summed E-state index contributed by atoms with van der Waals surface area (Å²) in [6.07, 6.45) is -6.74. The van der Waals surface area contributed by atoms with E-state index in [0.717, 1.165) is 19.3 Å². The van der Waals surface area contributed by atoms with E-state index in [2.05, 4.69) is 20.8 Å². The second-order valence-electron chi connectivity index (χ2n) is 16.5. The first-order valence-corrected chi connectivity index (χ1v) is 20.2. The minimum absolute atomic E-state index is 0.0761. The van der Waals surface area contributed by atoms with E-state index >= 15 is 0 Å². The summed E-state index contributed by atoms with van der Waals surface area (Å²) in [5.41, 5.74) is 1.30. The first-order valence-electron chi connectivity index (χ1n) is 20.2. The highest BCUT2D eigenvalue weighted by Crippen LogP contribution is 2.33. The largest absolute Gasteiger partial charge is 0.463 e. The Bertz CT molecular complexity index is 1300. The molecule has 15 heteroatoms. The summed E-state index contributed by atoms with van der Waals surface area (Å²) in [7, 11) is 0. The van der Waals surface area contributed by atoms with E-state index in [-0.39, 0.29) is 24.0 Å². The van der Waals surface area contributed by atoms with Crippen molar-refractivity contribution < 1.29 is 74.5 Å². The lowest BCUT2D eigenvalue weighted by Crippen LogP contribution is -2.60. The molecule has 1 rings (SSSR count). The number of ether oxygens (including phenoxy) is 4. The van der Waals surface area contributed by atoms with Gasteiger partial charge in [-0.1, -0.05) is 73.1 Å². The molecule has 15 nitrogen and oxygen atoms in total. The lowest BCUT2D eigenvalue weighted by atomic mass is 9.82. The zero-order chi connectivity index (χ0) is 43.9. The van der Waals surface area contributed by atoms with Crippen LogP contribution in [-0.4, -0.2) is 145 Å². The van der Waals surface area contributed by atoms with Gasteiger partial charge in [-0.15, -0.1) is 0 Å². The molecule has 17 atom stereocenters. The molecule has 57 heavy (non-hydrogen) atoms. The van der Waals surface area contributed by atoms with Gasteiger partial charge in [0.2, 0.25) is 0 Å². The van der Waals surface area contributed by atoms with Gasteiger partial charge in [-0.25, -0.2) is 4.79 Å². The van der Waals surface area contributed by atoms with Crippen LogP contribution in [-0.2, 0) is 28.5 Å². The molecule has 0 radical (unpaired) electrons. The van der Waals surface area contributed by atoms with Crippen LogP contribution in [0.1, 0.15) is 95.4 Å². The molecule has 1 saturated heterocycles. The maximum absolute atomic E-state index is 12.5. The van der Waals surface area contributed by atoms with Gasteiger partial charge in [-0.2, -0.15) is 0 Å². The number of esters is 2.